The quantitative estimate of drug-likeness (QED) is 0.828. The molecule has 1 amide bonds. The molecule has 1 saturated carbocycles. The van der Waals surface area contributed by atoms with Crippen LogP contribution in [0.4, 0.5) is 0 Å². The maximum atomic E-state index is 12.7. The molecule has 1 aliphatic carbocycles. The van der Waals surface area contributed by atoms with Crippen molar-refractivity contribution in [3.05, 3.63) is 28.8 Å². The van der Waals surface area contributed by atoms with E-state index in [0.717, 1.165) is 18.4 Å². The summed E-state index contributed by atoms with van der Waals surface area (Å²) in [6, 6.07) is 3.47. The molecule has 0 spiro atoms. The van der Waals surface area contributed by atoms with Crippen LogP contribution in [0.1, 0.15) is 41.3 Å². The Kier molecular flexibility index (Phi) is 4.87. The summed E-state index contributed by atoms with van der Waals surface area (Å²) in [5.74, 6) is 0.447. The number of rotatable bonds is 5. The van der Waals surface area contributed by atoms with Crippen molar-refractivity contribution >= 4 is 15.9 Å². The van der Waals surface area contributed by atoms with Gasteiger partial charge in [0, 0.05) is 32.7 Å². The molecular formula is C17H26N2O3S. The first-order chi connectivity index (χ1) is 10.6. The van der Waals surface area contributed by atoms with E-state index >= 15 is 0 Å². The van der Waals surface area contributed by atoms with Crippen molar-refractivity contribution in [1.82, 2.24) is 9.21 Å². The van der Waals surface area contributed by atoms with Gasteiger partial charge in [-0.25, -0.2) is 12.7 Å². The highest BCUT2D eigenvalue weighted by molar-refractivity contribution is 7.89. The summed E-state index contributed by atoms with van der Waals surface area (Å²) in [6.07, 6.45) is 2.32. The maximum Gasteiger partial charge on any atom is 0.253 e. The largest absolute Gasteiger partial charge is 0.339 e. The predicted molar refractivity (Wildman–Crippen MR) is 91.1 cm³/mol. The lowest BCUT2D eigenvalue weighted by atomic mass is 10.0. The average Bonchev–Trinajstić information content (AvgIpc) is 3.31. The van der Waals surface area contributed by atoms with Gasteiger partial charge < -0.3 is 4.90 Å². The van der Waals surface area contributed by atoms with Gasteiger partial charge in [-0.1, -0.05) is 0 Å². The zero-order valence-electron chi connectivity index (χ0n) is 14.8. The Morgan fingerprint density at radius 1 is 1.17 bits per heavy atom. The number of aryl methyl sites for hydroxylation is 1. The fourth-order valence-electron chi connectivity index (χ4n) is 2.70. The fraction of sp³-hybridized carbons (Fsp3) is 0.588. The highest BCUT2D eigenvalue weighted by Gasteiger charge is 2.33. The van der Waals surface area contributed by atoms with Crippen molar-refractivity contribution in [3.8, 4) is 0 Å². The molecule has 6 heteroatoms. The summed E-state index contributed by atoms with van der Waals surface area (Å²) >= 11 is 0. The van der Waals surface area contributed by atoms with E-state index in [1.807, 2.05) is 13.8 Å². The van der Waals surface area contributed by atoms with E-state index in [2.05, 4.69) is 0 Å². The maximum absolute atomic E-state index is 12.7. The van der Waals surface area contributed by atoms with E-state index in [4.69, 9.17) is 0 Å². The number of carbonyl (C=O) groups excluding carboxylic acids is 1. The molecule has 1 aromatic carbocycles. The van der Waals surface area contributed by atoms with Gasteiger partial charge in [-0.3, -0.25) is 4.79 Å². The molecule has 0 N–H and O–H groups in total. The van der Waals surface area contributed by atoms with Crippen LogP contribution in [0.25, 0.3) is 0 Å². The monoisotopic (exact) mass is 338 g/mol. The minimum absolute atomic E-state index is 0.122. The van der Waals surface area contributed by atoms with Gasteiger partial charge in [0.1, 0.15) is 0 Å². The highest BCUT2D eigenvalue weighted by Crippen LogP contribution is 2.35. The summed E-state index contributed by atoms with van der Waals surface area (Å²) in [5.41, 5.74) is 1.93. The second kappa shape index (κ2) is 6.24. The third kappa shape index (κ3) is 3.43. The second-order valence-corrected chi connectivity index (χ2v) is 8.82. The van der Waals surface area contributed by atoms with E-state index in [0.29, 0.717) is 17.0 Å². The number of hydrogen-bond donors (Lipinski definition) is 0. The van der Waals surface area contributed by atoms with Crippen LogP contribution in [0, 0.1) is 19.8 Å². The van der Waals surface area contributed by atoms with Gasteiger partial charge in [-0.2, -0.15) is 0 Å². The third-order valence-corrected chi connectivity index (χ3v) is 6.80. The van der Waals surface area contributed by atoms with Crippen molar-refractivity contribution in [1.29, 1.82) is 0 Å². The zero-order valence-corrected chi connectivity index (χ0v) is 15.6. The van der Waals surface area contributed by atoms with Crippen LogP contribution in [0.5, 0.6) is 0 Å². The lowest BCUT2D eigenvalue weighted by molar-refractivity contribution is 0.0727. The minimum atomic E-state index is -3.57. The van der Waals surface area contributed by atoms with Crippen molar-refractivity contribution in [2.24, 2.45) is 5.92 Å². The second-order valence-electron chi connectivity index (χ2n) is 6.70. The first kappa shape index (κ1) is 17.9. The average molecular weight is 338 g/mol. The molecule has 0 saturated heterocycles. The van der Waals surface area contributed by atoms with Crippen molar-refractivity contribution < 1.29 is 13.2 Å². The van der Waals surface area contributed by atoms with Crippen LogP contribution in [0.3, 0.4) is 0 Å². The number of hydrogen-bond acceptors (Lipinski definition) is 3. The molecule has 0 heterocycles. The number of sulfonamides is 1. The van der Waals surface area contributed by atoms with E-state index in [1.54, 1.807) is 24.9 Å². The van der Waals surface area contributed by atoms with E-state index in [1.165, 1.54) is 24.5 Å². The molecule has 23 heavy (non-hydrogen) atoms. The molecule has 128 valence electrons. The normalized spacial score (nSPS) is 16.5. The van der Waals surface area contributed by atoms with Crippen molar-refractivity contribution in [3.63, 3.8) is 0 Å². The van der Waals surface area contributed by atoms with Crippen LogP contribution in [0.15, 0.2) is 17.0 Å². The van der Waals surface area contributed by atoms with Gasteiger partial charge in [0.25, 0.3) is 5.91 Å². The summed E-state index contributed by atoms with van der Waals surface area (Å²) in [7, 11) is 1.22. The highest BCUT2D eigenvalue weighted by atomic mass is 32.2. The molecule has 0 radical (unpaired) electrons. The van der Waals surface area contributed by atoms with Crippen LogP contribution in [-0.2, 0) is 10.0 Å². The molecule has 1 fully saturated rings. The Balaban J connectivity index is 2.44. The first-order valence-electron chi connectivity index (χ1n) is 7.88. The molecule has 0 aliphatic heterocycles. The summed E-state index contributed by atoms with van der Waals surface area (Å²) < 4.78 is 26.2. The van der Waals surface area contributed by atoms with E-state index in [9.17, 15) is 13.2 Å². The van der Waals surface area contributed by atoms with Gasteiger partial charge in [-0.05, 0) is 62.8 Å². The smallest absolute Gasteiger partial charge is 0.253 e. The summed E-state index contributed by atoms with van der Waals surface area (Å²) in [6.45, 7) is 5.66. The van der Waals surface area contributed by atoms with Crippen LogP contribution >= 0.6 is 0 Å². The minimum Gasteiger partial charge on any atom is -0.339 e. The molecule has 2 rings (SSSR count). The summed E-state index contributed by atoms with van der Waals surface area (Å²) in [5, 5.41) is 0. The number of benzene rings is 1. The first-order valence-corrected chi connectivity index (χ1v) is 9.32. The number of nitrogens with zero attached hydrogens (tertiary/aromatic N) is 2. The number of amides is 1. The molecule has 5 nitrogen and oxygen atoms in total. The van der Waals surface area contributed by atoms with Crippen LogP contribution < -0.4 is 0 Å². The molecule has 1 aromatic rings. The number of carbonyl (C=O) groups is 1. The zero-order chi connectivity index (χ0) is 17.5. The van der Waals surface area contributed by atoms with Gasteiger partial charge in [0.05, 0.1) is 4.90 Å². The Hall–Kier alpha value is -1.40. The molecular weight excluding hydrogens is 312 g/mol. The van der Waals surface area contributed by atoms with Crippen molar-refractivity contribution in [2.45, 2.75) is 44.6 Å². The summed E-state index contributed by atoms with van der Waals surface area (Å²) in [4.78, 5) is 14.7. The molecule has 0 aromatic heterocycles. The Morgan fingerprint density at radius 3 is 2.22 bits per heavy atom. The lowest BCUT2D eigenvalue weighted by Crippen LogP contribution is -2.36. The Bertz CT molecular complexity index is 722. The van der Waals surface area contributed by atoms with Gasteiger partial charge >= 0.3 is 0 Å². The lowest BCUT2D eigenvalue weighted by Gasteiger charge is -2.26. The fourth-order valence-corrected chi connectivity index (χ4v) is 3.92. The molecule has 1 unspecified atom stereocenters. The molecule has 1 aliphatic rings. The van der Waals surface area contributed by atoms with Crippen LogP contribution in [-0.4, -0.2) is 50.7 Å². The molecule has 1 atom stereocenters. The SMILES string of the molecule is Cc1cc(C(=O)N(C)C(C)C2CC2)cc(S(=O)(=O)N(C)C)c1C. The van der Waals surface area contributed by atoms with Gasteiger partial charge in [0.2, 0.25) is 10.0 Å². The topological polar surface area (TPSA) is 57.7 Å². The Labute approximate surface area is 139 Å². The Morgan fingerprint density at radius 2 is 1.74 bits per heavy atom. The molecule has 0 bridgehead atoms. The van der Waals surface area contributed by atoms with E-state index < -0.39 is 10.0 Å². The predicted octanol–water partition coefficient (Wildman–Crippen LogP) is 2.42. The van der Waals surface area contributed by atoms with Crippen molar-refractivity contribution in [2.75, 3.05) is 21.1 Å². The third-order valence-electron chi connectivity index (χ3n) is 4.86. The van der Waals surface area contributed by atoms with Gasteiger partial charge in [0.15, 0.2) is 0 Å². The van der Waals surface area contributed by atoms with Crippen LogP contribution in [0.2, 0.25) is 0 Å². The van der Waals surface area contributed by atoms with E-state index in [-0.39, 0.29) is 16.8 Å². The standard InChI is InChI=1S/C17H26N2O3S/c1-11-9-15(17(20)19(6)13(3)14-7-8-14)10-16(12(11)2)23(21,22)18(4)5/h9-10,13-14H,7-8H2,1-6H3. The van der Waals surface area contributed by atoms with Gasteiger partial charge in [-0.15, -0.1) is 0 Å².